The highest BCUT2D eigenvalue weighted by Gasteiger charge is 2.41. The van der Waals surface area contributed by atoms with E-state index in [2.05, 4.69) is 34.5 Å². The minimum Gasteiger partial charge on any atom is -0.504 e. The van der Waals surface area contributed by atoms with Crippen molar-refractivity contribution >= 4 is 0 Å². The summed E-state index contributed by atoms with van der Waals surface area (Å²) in [6.45, 7) is 4.92. The lowest BCUT2D eigenvalue weighted by atomic mass is 9.83. The number of rotatable bonds is 2. The van der Waals surface area contributed by atoms with Gasteiger partial charge in [-0.05, 0) is 38.8 Å². The third-order valence-electron chi connectivity index (χ3n) is 4.81. The lowest BCUT2D eigenvalue weighted by molar-refractivity contribution is -0.305. The Hall–Kier alpha value is -1.85. The van der Waals surface area contributed by atoms with Crippen molar-refractivity contribution in [2.45, 2.75) is 63.5 Å². The van der Waals surface area contributed by atoms with Crippen molar-refractivity contribution in [3.05, 3.63) is 41.2 Å². The van der Waals surface area contributed by atoms with Gasteiger partial charge in [0.05, 0.1) is 0 Å². The predicted octanol–water partition coefficient (Wildman–Crippen LogP) is 3.90. The fraction of sp³-hybridized carbons (Fsp3) is 0.611. The van der Waals surface area contributed by atoms with Crippen LogP contribution in [0.5, 0.6) is 0 Å². The van der Waals surface area contributed by atoms with Gasteiger partial charge in [0, 0.05) is 35.9 Å². The van der Waals surface area contributed by atoms with Gasteiger partial charge in [0.15, 0.2) is 5.76 Å². The number of nitrogens with zero attached hydrogens (tertiary/aromatic N) is 1. The highest BCUT2D eigenvalue weighted by Crippen LogP contribution is 2.34. The molecule has 2 fully saturated rings. The standard InChI is InChI=1S/C18H23F3N2O2/c1-17(2)11-23(14-8-4-3-7-13(14)22-17)12-6-5-9-16(15(24)10-12)25-18(19,20)21/h5-6,10,13-14,22,24H,3-4,7-8,11H2,1-2H3. The second kappa shape index (κ2) is 6.46. The first-order valence-corrected chi connectivity index (χ1v) is 8.53. The first kappa shape index (κ1) is 18.0. The van der Waals surface area contributed by atoms with Crippen LogP contribution in [0.3, 0.4) is 0 Å². The molecule has 138 valence electrons. The molecule has 1 aliphatic heterocycles. The molecule has 0 spiro atoms. The molecule has 2 aliphatic carbocycles. The fourth-order valence-corrected chi connectivity index (χ4v) is 3.93. The Balaban J connectivity index is 1.86. The van der Waals surface area contributed by atoms with E-state index in [1.807, 2.05) is 0 Å². The van der Waals surface area contributed by atoms with E-state index in [0.29, 0.717) is 18.3 Å². The smallest absolute Gasteiger partial charge is 0.504 e. The molecule has 2 atom stereocenters. The molecule has 3 aliphatic rings. The second-order valence-electron chi connectivity index (χ2n) is 7.42. The summed E-state index contributed by atoms with van der Waals surface area (Å²) in [5.74, 6) is -1.28. The Morgan fingerprint density at radius 1 is 1.32 bits per heavy atom. The Labute approximate surface area is 145 Å². The predicted molar refractivity (Wildman–Crippen MR) is 87.5 cm³/mol. The Morgan fingerprint density at radius 2 is 2.04 bits per heavy atom. The van der Waals surface area contributed by atoms with Gasteiger partial charge in [-0.1, -0.05) is 18.6 Å². The molecule has 0 bridgehead atoms. The van der Waals surface area contributed by atoms with Crippen LogP contribution in [0.1, 0.15) is 39.5 Å². The number of allylic oxidation sites excluding steroid dienone is 2. The zero-order valence-electron chi connectivity index (χ0n) is 14.4. The van der Waals surface area contributed by atoms with Crippen LogP contribution < -0.4 is 5.32 Å². The lowest BCUT2D eigenvalue weighted by Crippen LogP contribution is -2.66. The maximum atomic E-state index is 12.4. The SMILES string of the molecule is CC1(C)CN(C2=CC=C=C(OC(F)(F)F)C(O)=C2)C2CCCCC2N1. The topological polar surface area (TPSA) is 44.7 Å². The first-order chi connectivity index (χ1) is 11.6. The van der Waals surface area contributed by atoms with Crippen LogP contribution in [0.25, 0.3) is 0 Å². The van der Waals surface area contributed by atoms with Gasteiger partial charge < -0.3 is 20.1 Å². The van der Waals surface area contributed by atoms with Gasteiger partial charge in [-0.15, -0.1) is 13.2 Å². The molecule has 0 aromatic rings. The Kier molecular flexibility index (Phi) is 4.64. The van der Waals surface area contributed by atoms with Crippen molar-refractivity contribution in [3.8, 4) is 0 Å². The number of hydrogen-bond acceptors (Lipinski definition) is 4. The molecule has 1 saturated heterocycles. The van der Waals surface area contributed by atoms with Crippen LogP contribution >= 0.6 is 0 Å². The number of fused-ring (bicyclic) bond motifs is 1. The first-order valence-electron chi connectivity index (χ1n) is 8.53. The molecule has 0 amide bonds. The van der Waals surface area contributed by atoms with Crippen molar-refractivity contribution in [2.75, 3.05) is 6.54 Å². The quantitative estimate of drug-likeness (QED) is 0.737. The van der Waals surface area contributed by atoms with Crippen LogP contribution in [-0.2, 0) is 4.74 Å². The average Bonchev–Trinajstić information content (AvgIpc) is 2.66. The molecule has 2 N–H and O–H groups in total. The maximum Gasteiger partial charge on any atom is 0.573 e. The lowest BCUT2D eigenvalue weighted by Gasteiger charge is -2.52. The van der Waals surface area contributed by atoms with Crippen LogP contribution in [-0.4, -0.2) is 40.5 Å². The van der Waals surface area contributed by atoms with Crippen LogP contribution in [0.4, 0.5) is 13.2 Å². The van der Waals surface area contributed by atoms with Gasteiger partial charge in [-0.25, -0.2) is 0 Å². The monoisotopic (exact) mass is 356 g/mol. The number of piperazine rings is 1. The summed E-state index contributed by atoms with van der Waals surface area (Å²) < 4.78 is 41.2. The molecule has 3 rings (SSSR count). The summed E-state index contributed by atoms with van der Waals surface area (Å²) in [7, 11) is 0. The minimum atomic E-state index is -4.87. The van der Waals surface area contributed by atoms with Crippen LogP contribution in [0.2, 0.25) is 0 Å². The van der Waals surface area contributed by atoms with Gasteiger partial charge in [-0.3, -0.25) is 0 Å². The molecular formula is C18H23F3N2O2. The molecule has 25 heavy (non-hydrogen) atoms. The molecule has 7 heteroatoms. The van der Waals surface area contributed by atoms with Crippen molar-refractivity contribution in [2.24, 2.45) is 0 Å². The molecule has 4 nitrogen and oxygen atoms in total. The summed E-state index contributed by atoms with van der Waals surface area (Å²) >= 11 is 0. The Bertz CT molecular complexity index is 658. The van der Waals surface area contributed by atoms with Crippen molar-refractivity contribution in [1.82, 2.24) is 10.2 Å². The number of alkyl halides is 3. The maximum absolute atomic E-state index is 12.4. The van der Waals surface area contributed by atoms with E-state index in [1.165, 1.54) is 18.6 Å². The van der Waals surface area contributed by atoms with E-state index >= 15 is 0 Å². The minimum absolute atomic E-state index is 0.127. The van der Waals surface area contributed by atoms with Crippen molar-refractivity contribution < 1.29 is 23.0 Å². The van der Waals surface area contributed by atoms with Gasteiger partial charge in [-0.2, -0.15) is 0 Å². The normalized spacial score (nSPS) is 29.2. The van der Waals surface area contributed by atoms with Gasteiger partial charge >= 0.3 is 6.36 Å². The number of hydrogen-bond donors (Lipinski definition) is 2. The molecule has 2 unspecified atom stereocenters. The summed E-state index contributed by atoms with van der Waals surface area (Å²) in [6, 6.07) is 0.593. The van der Waals surface area contributed by atoms with Gasteiger partial charge in [0.25, 0.3) is 0 Å². The number of aliphatic hydroxyl groups excluding tert-OH is 1. The van der Waals surface area contributed by atoms with Gasteiger partial charge in [0.2, 0.25) is 5.76 Å². The summed E-state index contributed by atoms with van der Waals surface area (Å²) in [6.07, 6.45) is 3.90. The van der Waals surface area contributed by atoms with E-state index in [0.717, 1.165) is 19.3 Å². The molecule has 0 aromatic carbocycles. The summed E-state index contributed by atoms with van der Waals surface area (Å²) in [5.41, 5.74) is 2.91. The molecule has 0 aromatic heterocycles. The zero-order valence-corrected chi connectivity index (χ0v) is 14.4. The van der Waals surface area contributed by atoms with Gasteiger partial charge in [0.1, 0.15) is 0 Å². The number of aliphatic hydroxyl groups is 1. The second-order valence-corrected chi connectivity index (χ2v) is 7.42. The molecule has 1 heterocycles. The van der Waals surface area contributed by atoms with Crippen LogP contribution in [0, 0.1) is 0 Å². The third-order valence-corrected chi connectivity index (χ3v) is 4.81. The highest BCUT2D eigenvalue weighted by molar-refractivity contribution is 5.36. The highest BCUT2D eigenvalue weighted by atomic mass is 19.4. The summed E-state index contributed by atoms with van der Waals surface area (Å²) in [5, 5.41) is 13.7. The van der Waals surface area contributed by atoms with Crippen molar-refractivity contribution in [1.29, 1.82) is 0 Å². The van der Waals surface area contributed by atoms with E-state index in [-0.39, 0.29) is 11.6 Å². The number of ether oxygens (including phenoxy) is 1. The Morgan fingerprint density at radius 3 is 2.76 bits per heavy atom. The van der Waals surface area contributed by atoms with E-state index in [9.17, 15) is 18.3 Å². The van der Waals surface area contributed by atoms with Crippen molar-refractivity contribution in [3.63, 3.8) is 0 Å². The number of nitrogens with one attached hydrogen (secondary N) is 1. The summed E-state index contributed by atoms with van der Waals surface area (Å²) in [4.78, 5) is 2.19. The molecular weight excluding hydrogens is 333 g/mol. The van der Waals surface area contributed by atoms with E-state index in [4.69, 9.17) is 0 Å². The molecule has 1 saturated carbocycles. The average molecular weight is 356 g/mol. The molecule has 0 radical (unpaired) electrons. The fourth-order valence-electron chi connectivity index (χ4n) is 3.93. The van der Waals surface area contributed by atoms with Crippen LogP contribution in [0.15, 0.2) is 41.2 Å². The largest absolute Gasteiger partial charge is 0.573 e. The third kappa shape index (κ3) is 4.22. The van der Waals surface area contributed by atoms with E-state index < -0.39 is 17.9 Å². The van der Waals surface area contributed by atoms with E-state index in [1.54, 1.807) is 6.08 Å². The zero-order chi connectivity index (χ0) is 18.2. The number of halogens is 3.